The molecule has 1 amide bonds. The molecule has 1 aliphatic rings. The van der Waals surface area contributed by atoms with Crippen molar-refractivity contribution in [2.75, 3.05) is 19.5 Å². The number of rotatable bonds is 8. The van der Waals surface area contributed by atoms with Crippen molar-refractivity contribution in [3.05, 3.63) is 87.7 Å². The Labute approximate surface area is 236 Å². The molecule has 0 atom stereocenters. The molecular formula is C34H38FNO4. The second-order valence-corrected chi connectivity index (χ2v) is 11.0. The zero-order valence-electron chi connectivity index (χ0n) is 24.4. The van der Waals surface area contributed by atoms with Gasteiger partial charge in [-0.2, -0.15) is 0 Å². The third-order valence-electron chi connectivity index (χ3n) is 7.43. The molecule has 2 N–H and O–H groups in total. The van der Waals surface area contributed by atoms with Crippen LogP contribution in [0.3, 0.4) is 0 Å². The molecule has 5 nitrogen and oxygen atoms in total. The Bertz CT molecular complexity index is 1470. The van der Waals surface area contributed by atoms with E-state index in [-0.39, 0.29) is 40.8 Å². The molecule has 40 heavy (non-hydrogen) atoms. The molecule has 0 heterocycles. The first-order chi connectivity index (χ1) is 19.0. The number of carbonyl (C=O) groups is 1. The van der Waals surface area contributed by atoms with E-state index in [1.54, 1.807) is 18.2 Å². The number of methoxy groups -OCH3 is 2. The van der Waals surface area contributed by atoms with E-state index in [0.29, 0.717) is 18.4 Å². The average Bonchev–Trinajstić information content (AvgIpc) is 3.20. The first-order valence-corrected chi connectivity index (χ1v) is 13.6. The number of aromatic hydroxyl groups is 1. The minimum Gasteiger partial charge on any atom is -0.502 e. The van der Waals surface area contributed by atoms with Gasteiger partial charge in [0.25, 0.3) is 0 Å². The first-order valence-electron chi connectivity index (χ1n) is 13.6. The fraction of sp³-hybridized carbons (Fsp3) is 0.324. The predicted molar refractivity (Wildman–Crippen MR) is 160 cm³/mol. The highest BCUT2D eigenvalue weighted by atomic mass is 19.1. The van der Waals surface area contributed by atoms with E-state index in [4.69, 9.17) is 9.47 Å². The lowest BCUT2D eigenvalue weighted by Crippen LogP contribution is -2.14. The fourth-order valence-electron chi connectivity index (χ4n) is 5.36. The van der Waals surface area contributed by atoms with Crippen molar-refractivity contribution >= 4 is 28.8 Å². The van der Waals surface area contributed by atoms with Crippen LogP contribution in [0.2, 0.25) is 0 Å². The zero-order chi connectivity index (χ0) is 29.2. The molecule has 210 valence electrons. The van der Waals surface area contributed by atoms with Crippen molar-refractivity contribution in [2.45, 2.75) is 59.3 Å². The zero-order valence-corrected chi connectivity index (χ0v) is 24.4. The Morgan fingerprint density at radius 3 is 2.10 bits per heavy atom. The number of anilines is 1. The summed E-state index contributed by atoms with van der Waals surface area (Å²) in [6.45, 7) is 10.4. The summed E-state index contributed by atoms with van der Waals surface area (Å²) >= 11 is 0. The quantitative estimate of drug-likeness (QED) is 0.301. The summed E-state index contributed by atoms with van der Waals surface area (Å²) in [6.07, 6.45) is 3.25. The van der Waals surface area contributed by atoms with Crippen molar-refractivity contribution in [2.24, 2.45) is 0 Å². The van der Waals surface area contributed by atoms with E-state index in [2.05, 4.69) is 26.1 Å². The van der Waals surface area contributed by atoms with Gasteiger partial charge >= 0.3 is 0 Å². The number of phenols is 1. The molecule has 6 heteroatoms. The van der Waals surface area contributed by atoms with Crippen molar-refractivity contribution in [1.29, 1.82) is 0 Å². The smallest absolute Gasteiger partial charge is 0.228 e. The first kappa shape index (κ1) is 28.9. The number of carbonyl (C=O) groups excluding carboxylic acids is 1. The third-order valence-corrected chi connectivity index (χ3v) is 7.43. The second-order valence-electron chi connectivity index (χ2n) is 11.0. The molecule has 0 radical (unpaired) electrons. The Morgan fingerprint density at radius 1 is 0.950 bits per heavy atom. The minimum absolute atomic E-state index is 0.0197. The Hall–Kier alpha value is -4.06. The van der Waals surface area contributed by atoms with Gasteiger partial charge in [-0.25, -0.2) is 4.39 Å². The van der Waals surface area contributed by atoms with Crippen LogP contribution in [-0.4, -0.2) is 25.2 Å². The number of benzene rings is 3. The van der Waals surface area contributed by atoms with E-state index >= 15 is 4.39 Å². The van der Waals surface area contributed by atoms with Crippen molar-refractivity contribution in [1.82, 2.24) is 0 Å². The molecule has 0 unspecified atom stereocenters. The normalized spacial score (nSPS) is 13.9. The SMILES string of the molecule is CCC1=C(CC(=O)Nc2ccc(C(C)(C)C)cc2)c2c(ccc(F)c2CC)C1=Cc1cc(OC)c(O)c(OC)c1. The van der Waals surface area contributed by atoms with Crippen LogP contribution in [0.25, 0.3) is 17.2 Å². The highest BCUT2D eigenvalue weighted by molar-refractivity contribution is 6.10. The summed E-state index contributed by atoms with van der Waals surface area (Å²) in [5.41, 5.74) is 7.71. The molecule has 0 bridgehead atoms. The summed E-state index contributed by atoms with van der Waals surface area (Å²) in [5.74, 6) is 0.0692. The fourth-order valence-corrected chi connectivity index (χ4v) is 5.36. The molecule has 3 aromatic rings. The monoisotopic (exact) mass is 543 g/mol. The maximum absolute atomic E-state index is 15.1. The van der Waals surface area contributed by atoms with E-state index in [9.17, 15) is 9.90 Å². The van der Waals surface area contributed by atoms with Gasteiger partial charge in [-0.1, -0.05) is 52.8 Å². The lowest BCUT2D eigenvalue weighted by Gasteiger charge is -2.19. The highest BCUT2D eigenvalue weighted by Crippen LogP contribution is 2.48. The Kier molecular flexibility index (Phi) is 8.38. The number of hydrogen-bond donors (Lipinski definition) is 2. The van der Waals surface area contributed by atoms with Crippen LogP contribution in [0.4, 0.5) is 10.1 Å². The average molecular weight is 544 g/mol. The van der Waals surface area contributed by atoms with Crippen molar-refractivity contribution < 1.29 is 23.8 Å². The van der Waals surface area contributed by atoms with Crippen LogP contribution in [0.15, 0.2) is 54.1 Å². The molecule has 0 aliphatic heterocycles. The summed E-state index contributed by atoms with van der Waals surface area (Å²) < 4.78 is 25.8. The minimum atomic E-state index is -0.276. The number of hydrogen-bond acceptors (Lipinski definition) is 4. The molecular weight excluding hydrogens is 505 g/mol. The number of nitrogens with one attached hydrogen (secondary N) is 1. The summed E-state index contributed by atoms with van der Waals surface area (Å²) in [5, 5.41) is 13.4. The number of ether oxygens (including phenoxy) is 2. The van der Waals surface area contributed by atoms with Crippen LogP contribution in [0.5, 0.6) is 17.2 Å². The molecule has 0 saturated heterocycles. The van der Waals surface area contributed by atoms with Gasteiger partial charge in [-0.05, 0) is 99.2 Å². The largest absolute Gasteiger partial charge is 0.502 e. The lowest BCUT2D eigenvalue weighted by atomic mass is 9.87. The van der Waals surface area contributed by atoms with Gasteiger partial charge in [0.05, 0.1) is 20.6 Å². The number of fused-ring (bicyclic) bond motifs is 1. The molecule has 0 aromatic heterocycles. The third kappa shape index (κ3) is 5.62. The lowest BCUT2D eigenvalue weighted by molar-refractivity contribution is -0.115. The predicted octanol–water partition coefficient (Wildman–Crippen LogP) is 8.16. The topological polar surface area (TPSA) is 67.8 Å². The van der Waals surface area contributed by atoms with Gasteiger partial charge in [0.2, 0.25) is 11.7 Å². The van der Waals surface area contributed by atoms with Crippen LogP contribution in [0, 0.1) is 5.82 Å². The van der Waals surface area contributed by atoms with Gasteiger partial charge in [0.1, 0.15) is 5.82 Å². The number of allylic oxidation sites excluding steroid dienone is 2. The molecule has 1 aliphatic carbocycles. The van der Waals surface area contributed by atoms with Gasteiger partial charge < -0.3 is 19.9 Å². The Morgan fingerprint density at radius 2 is 1.57 bits per heavy atom. The van der Waals surface area contributed by atoms with Crippen molar-refractivity contribution in [3.8, 4) is 17.2 Å². The van der Waals surface area contributed by atoms with E-state index in [1.165, 1.54) is 25.8 Å². The molecule has 3 aromatic carbocycles. The van der Waals surface area contributed by atoms with Gasteiger partial charge in [-0.15, -0.1) is 0 Å². The van der Waals surface area contributed by atoms with Crippen LogP contribution < -0.4 is 14.8 Å². The van der Waals surface area contributed by atoms with E-state index in [1.807, 2.05) is 44.2 Å². The number of amides is 1. The van der Waals surface area contributed by atoms with E-state index in [0.717, 1.165) is 39.1 Å². The van der Waals surface area contributed by atoms with Crippen LogP contribution >= 0.6 is 0 Å². The summed E-state index contributed by atoms with van der Waals surface area (Å²) in [6, 6.07) is 14.6. The highest BCUT2D eigenvalue weighted by Gasteiger charge is 2.30. The Balaban J connectivity index is 1.78. The van der Waals surface area contributed by atoms with E-state index < -0.39 is 0 Å². The molecule has 0 saturated carbocycles. The van der Waals surface area contributed by atoms with Crippen LogP contribution in [-0.2, 0) is 16.6 Å². The maximum Gasteiger partial charge on any atom is 0.228 e. The summed E-state index contributed by atoms with van der Waals surface area (Å²) in [7, 11) is 2.97. The standard InChI is InChI=1S/C34H38FNO4/c1-8-23-26(16-20-17-29(39-6)33(38)30(18-20)40-7)25-14-15-28(35)24(9-2)32(25)27(23)19-31(37)36-22-12-10-21(11-13-22)34(3,4)5/h10-18,38H,8-9,19H2,1-7H3,(H,36,37). The van der Waals surface area contributed by atoms with Crippen LogP contribution in [0.1, 0.15) is 75.3 Å². The molecule has 0 fully saturated rings. The molecule has 4 rings (SSSR count). The second kappa shape index (κ2) is 11.6. The number of phenolic OH excluding ortho intramolecular Hbond substituents is 1. The van der Waals surface area contributed by atoms with Crippen molar-refractivity contribution in [3.63, 3.8) is 0 Å². The maximum atomic E-state index is 15.1. The number of halogens is 1. The van der Waals surface area contributed by atoms with Gasteiger partial charge in [-0.3, -0.25) is 4.79 Å². The summed E-state index contributed by atoms with van der Waals surface area (Å²) in [4.78, 5) is 13.4. The molecule has 0 spiro atoms. The van der Waals surface area contributed by atoms with Gasteiger partial charge in [0.15, 0.2) is 11.5 Å². The van der Waals surface area contributed by atoms with Gasteiger partial charge in [0, 0.05) is 5.69 Å².